The Hall–Kier alpha value is -3.09. The lowest BCUT2D eigenvalue weighted by Gasteiger charge is -2.07. The topological polar surface area (TPSA) is 44.1 Å². The molecule has 3 aromatic rings. The van der Waals surface area contributed by atoms with Gasteiger partial charge in [0.2, 0.25) is 0 Å². The summed E-state index contributed by atoms with van der Waals surface area (Å²) in [6, 6.07) is 11.7. The van der Waals surface area contributed by atoms with Crippen molar-refractivity contribution in [3.63, 3.8) is 0 Å². The van der Waals surface area contributed by atoms with Gasteiger partial charge in [0.15, 0.2) is 0 Å². The molecule has 3 rings (SSSR count). The lowest BCUT2D eigenvalue weighted by atomic mass is 10.1. The highest BCUT2D eigenvalue weighted by atomic mass is 19.4. The fourth-order valence-electron chi connectivity index (χ4n) is 2.63. The van der Waals surface area contributed by atoms with Crippen LogP contribution >= 0.6 is 0 Å². The summed E-state index contributed by atoms with van der Waals surface area (Å²) in [5.41, 5.74) is 1.08. The number of halogens is 3. The molecule has 0 saturated heterocycles. The first-order valence-corrected chi connectivity index (χ1v) is 7.69. The first-order valence-electron chi connectivity index (χ1n) is 7.69. The minimum atomic E-state index is -4.41. The molecule has 26 heavy (non-hydrogen) atoms. The van der Waals surface area contributed by atoms with Crippen LogP contribution in [0, 0.1) is 0 Å². The highest BCUT2D eigenvalue weighted by Gasteiger charge is 2.30. The molecule has 0 aliphatic carbocycles. The lowest BCUT2D eigenvalue weighted by molar-refractivity contribution is -0.137. The number of carbonyl (C=O) groups excluding carboxylic acids is 1. The van der Waals surface area contributed by atoms with Gasteiger partial charge < -0.3 is 9.30 Å². The molecule has 0 aliphatic heterocycles. The van der Waals surface area contributed by atoms with E-state index in [-0.39, 0.29) is 0 Å². The van der Waals surface area contributed by atoms with Gasteiger partial charge in [0, 0.05) is 24.4 Å². The number of methoxy groups -OCH3 is 1. The lowest BCUT2D eigenvalue weighted by Crippen LogP contribution is -2.04. The van der Waals surface area contributed by atoms with E-state index >= 15 is 0 Å². The molecule has 0 N–H and O–H groups in total. The van der Waals surface area contributed by atoms with Gasteiger partial charge >= 0.3 is 12.1 Å². The number of nitrogens with zero attached hydrogens (tertiary/aromatic N) is 2. The Labute approximate surface area is 147 Å². The molecule has 134 valence electrons. The van der Waals surface area contributed by atoms with E-state index < -0.39 is 17.7 Å². The maximum atomic E-state index is 12.9. The molecule has 0 amide bonds. The zero-order valence-electron chi connectivity index (χ0n) is 14.0. The predicted octanol–water partition coefficient (Wildman–Crippen LogP) is 4.56. The van der Waals surface area contributed by atoms with Crippen LogP contribution in [-0.2, 0) is 18.0 Å². The number of aryl methyl sites for hydroxylation is 1. The molecule has 4 nitrogen and oxygen atoms in total. The largest absolute Gasteiger partial charge is 0.465 e. The number of rotatable bonds is 3. The van der Waals surface area contributed by atoms with Crippen molar-refractivity contribution in [1.29, 1.82) is 0 Å². The molecule has 1 heterocycles. The van der Waals surface area contributed by atoms with Gasteiger partial charge in [-0.15, -0.1) is 0 Å². The number of alkyl halides is 3. The van der Waals surface area contributed by atoms with Crippen LogP contribution in [0.15, 0.2) is 54.7 Å². The summed E-state index contributed by atoms with van der Waals surface area (Å²) < 4.78 is 45.2. The summed E-state index contributed by atoms with van der Waals surface area (Å²) in [4.78, 5) is 16.1. The van der Waals surface area contributed by atoms with Gasteiger partial charge in [0.1, 0.15) is 5.82 Å². The summed E-state index contributed by atoms with van der Waals surface area (Å²) in [6.45, 7) is 0. The minimum Gasteiger partial charge on any atom is -0.465 e. The normalized spacial score (nSPS) is 11.4. The highest BCUT2D eigenvalue weighted by molar-refractivity contribution is 5.90. The average Bonchev–Trinajstić information content (AvgIpc) is 3.02. The standard InChI is InChI=1S/C19H15F3N2O2/c1-24-11-16(12-5-4-8-15(10-12)19(20,21)22)23-17(24)13-6-3-7-14(9-13)18(25)26-2/h3-11H,1-2H3. The van der Waals surface area contributed by atoms with Crippen molar-refractivity contribution >= 4 is 5.97 Å². The summed E-state index contributed by atoms with van der Waals surface area (Å²) in [5.74, 6) is 0.0577. The molecular formula is C19H15F3N2O2. The van der Waals surface area contributed by atoms with Crippen molar-refractivity contribution in [3.05, 3.63) is 65.9 Å². The molecule has 0 fully saturated rings. The molecule has 1 aromatic heterocycles. The summed E-state index contributed by atoms with van der Waals surface area (Å²) >= 11 is 0. The third kappa shape index (κ3) is 3.46. The number of benzene rings is 2. The zero-order chi connectivity index (χ0) is 18.9. The van der Waals surface area contributed by atoms with Crippen molar-refractivity contribution in [3.8, 4) is 22.6 Å². The number of aromatic nitrogens is 2. The first kappa shape index (κ1) is 17.7. The van der Waals surface area contributed by atoms with Crippen LogP contribution < -0.4 is 0 Å². The summed E-state index contributed by atoms with van der Waals surface area (Å²) in [5, 5.41) is 0. The van der Waals surface area contributed by atoms with Crippen molar-refractivity contribution in [2.45, 2.75) is 6.18 Å². The number of esters is 1. The third-order valence-electron chi connectivity index (χ3n) is 3.90. The van der Waals surface area contributed by atoms with Crippen LogP contribution in [0.25, 0.3) is 22.6 Å². The Kier molecular flexibility index (Phi) is 4.54. The molecule has 0 radical (unpaired) electrons. The molecule has 2 aromatic carbocycles. The van der Waals surface area contributed by atoms with E-state index in [0.29, 0.717) is 28.2 Å². The first-order chi connectivity index (χ1) is 12.3. The van der Waals surface area contributed by atoms with Gasteiger partial charge in [-0.05, 0) is 24.3 Å². The maximum absolute atomic E-state index is 12.9. The maximum Gasteiger partial charge on any atom is 0.416 e. The second-order valence-corrected chi connectivity index (χ2v) is 5.71. The van der Waals surface area contributed by atoms with Gasteiger partial charge in [0.05, 0.1) is 23.9 Å². The van der Waals surface area contributed by atoms with Crippen LogP contribution in [0.2, 0.25) is 0 Å². The molecule has 0 bridgehead atoms. The Morgan fingerprint density at radius 3 is 2.46 bits per heavy atom. The van der Waals surface area contributed by atoms with Crippen molar-refractivity contribution in [2.75, 3.05) is 7.11 Å². The number of hydrogen-bond acceptors (Lipinski definition) is 3. The fourth-order valence-corrected chi connectivity index (χ4v) is 2.63. The Balaban J connectivity index is 2.02. The zero-order valence-corrected chi connectivity index (χ0v) is 14.0. The van der Waals surface area contributed by atoms with Gasteiger partial charge in [-0.3, -0.25) is 0 Å². The smallest absolute Gasteiger partial charge is 0.416 e. The average molecular weight is 360 g/mol. The molecule has 7 heteroatoms. The Morgan fingerprint density at radius 1 is 1.08 bits per heavy atom. The predicted molar refractivity (Wildman–Crippen MR) is 90.4 cm³/mol. The minimum absolute atomic E-state index is 0.366. The van der Waals surface area contributed by atoms with Crippen LogP contribution in [-0.4, -0.2) is 22.6 Å². The molecule has 0 atom stereocenters. The third-order valence-corrected chi connectivity index (χ3v) is 3.90. The molecule has 0 saturated carbocycles. The Morgan fingerprint density at radius 2 is 1.77 bits per heavy atom. The highest BCUT2D eigenvalue weighted by Crippen LogP contribution is 2.32. The van der Waals surface area contributed by atoms with Gasteiger partial charge in [0.25, 0.3) is 0 Å². The number of hydrogen-bond donors (Lipinski definition) is 0. The second kappa shape index (κ2) is 6.67. The van der Waals surface area contributed by atoms with Crippen molar-refractivity contribution < 1.29 is 22.7 Å². The van der Waals surface area contributed by atoms with Gasteiger partial charge in [-0.2, -0.15) is 13.2 Å². The number of ether oxygens (including phenoxy) is 1. The summed E-state index contributed by atoms with van der Waals surface area (Å²) in [7, 11) is 3.03. The van der Waals surface area contributed by atoms with Crippen LogP contribution in [0.4, 0.5) is 13.2 Å². The van der Waals surface area contributed by atoms with E-state index in [1.54, 1.807) is 48.1 Å². The van der Waals surface area contributed by atoms with Gasteiger partial charge in [-0.1, -0.05) is 24.3 Å². The van der Waals surface area contributed by atoms with E-state index in [9.17, 15) is 18.0 Å². The SMILES string of the molecule is COC(=O)c1cccc(-c2nc(-c3cccc(C(F)(F)F)c3)cn2C)c1. The second-order valence-electron chi connectivity index (χ2n) is 5.71. The van der Waals surface area contributed by atoms with Crippen molar-refractivity contribution in [1.82, 2.24) is 9.55 Å². The van der Waals surface area contributed by atoms with Crippen LogP contribution in [0.1, 0.15) is 15.9 Å². The van der Waals surface area contributed by atoms with Gasteiger partial charge in [-0.25, -0.2) is 9.78 Å². The van der Waals surface area contributed by atoms with E-state index in [0.717, 1.165) is 12.1 Å². The molecule has 0 aliphatic rings. The van der Waals surface area contributed by atoms with E-state index in [4.69, 9.17) is 4.74 Å². The van der Waals surface area contributed by atoms with E-state index in [2.05, 4.69) is 4.98 Å². The van der Waals surface area contributed by atoms with Crippen molar-refractivity contribution in [2.24, 2.45) is 7.05 Å². The summed E-state index contributed by atoms with van der Waals surface area (Å²) in [6.07, 6.45) is -2.77. The molecular weight excluding hydrogens is 345 g/mol. The van der Waals surface area contributed by atoms with Crippen LogP contribution in [0.5, 0.6) is 0 Å². The van der Waals surface area contributed by atoms with E-state index in [1.807, 2.05) is 0 Å². The number of imidazole rings is 1. The fraction of sp³-hybridized carbons (Fsp3) is 0.158. The van der Waals surface area contributed by atoms with E-state index in [1.165, 1.54) is 13.2 Å². The molecule has 0 spiro atoms. The Bertz CT molecular complexity index is 961. The van der Waals surface area contributed by atoms with Crippen LogP contribution in [0.3, 0.4) is 0 Å². The quantitative estimate of drug-likeness (QED) is 0.643. The number of carbonyl (C=O) groups is 1. The molecule has 0 unspecified atom stereocenters. The monoisotopic (exact) mass is 360 g/mol.